The van der Waals surface area contributed by atoms with Crippen LogP contribution < -0.4 is 10.9 Å². The van der Waals surface area contributed by atoms with Crippen molar-refractivity contribution in [1.29, 1.82) is 0 Å². The number of pyridine rings is 1. The van der Waals surface area contributed by atoms with Gasteiger partial charge in [-0.15, -0.1) is 0 Å². The zero-order valence-electron chi connectivity index (χ0n) is 33.1. The third kappa shape index (κ3) is 27.4. The molecule has 0 atom stereocenters. The molecule has 5 nitrogen and oxygen atoms in total. The Kier molecular flexibility index (Phi) is 36.3. The van der Waals surface area contributed by atoms with E-state index in [1.54, 1.807) is 24.4 Å². The lowest BCUT2D eigenvalue weighted by molar-refractivity contribution is -0.114. The number of carbonyl (C=O) groups is 2. The van der Waals surface area contributed by atoms with Crippen LogP contribution in [0, 0.1) is 17.8 Å². The fourth-order valence-corrected chi connectivity index (χ4v) is 3.68. The van der Waals surface area contributed by atoms with Crippen molar-refractivity contribution in [2.24, 2.45) is 17.8 Å². The summed E-state index contributed by atoms with van der Waals surface area (Å²) in [6, 6.07) is 3.55. The third-order valence-electron chi connectivity index (χ3n) is 6.36. The summed E-state index contributed by atoms with van der Waals surface area (Å²) in [5, 5.41) is 3.11. The van der Waals surface area contributed by atoms with Gasteiger partial charge in [-0.1, -0.05) is 147 Å². The van der Waals surface area contributed by atoms with E-state index in [4.69, 9.17) is 0 Å². The molecule has 0 radical (unpaired) electrons. The van der Waals surface area contributed by atoms with E-state index in [1.807, 2.05) is 92.0 Å². The van der Waals surface area contributed by atoms with Gasteiger partial charge >= 0.3 is 0 Å². The molecule has 268 valence electrons. The molecule has 1 aromatic heterocycles. The smallest absolute Gasteiger partial charge is 0.248 e. The van der Waals surface area contributed by atoms with Crippen molar-refractivity contribution in [2.75, 3.05) is 6.54 Å². The predicted molar refractivity (Wildman–Crippen MR) is 210 cm³/mol. The summed E-state index contributed by atoms with van der Waals surface area (Å²) >= 11 is 0. The first-order valence-electron chi connectivity index (χ1n) is 18.0. The van der Waals surface area contributed by atoms with E-state index in [2.05, 4.69) is 77.8 Å². The van der Waals surface area contributed by atoms with Crippen LogP contribution >= 0.6 is 0 Å². The van der Waals surface area contributed by atoms with E-state index in [-0.39, 0.29) is 17.1 Å². The number of aromatic amines is 1. The molecule has 0 fully saturated rings. The van der Waals surface area contributed by atoms with Crippen molar-refractivity contribution < 1.29 is 9.59 Å². The van der Waals surface area contributed by atoms with Gasteiger partial charge in [0.2, 0.25) is 5.56 Å². The Morgan fingerprint density at radius 3 is 1.49 bits per heavy atom. The molecule has 2 heterocycles. The van der Waals surface area contributed by atoms with E-state index in [0.29, 0.717) is 36.5 Å². The number of aromatic nitrogens is 1. The van der Waals surface area contributed by atoms with Gasteiger partial charge in [0.05, 0.1) is 0 Å². The second-order valence-electron chi connectivity index (χ2n) is 11.0. The molecule has 0 saturated carbocycles. The first-order valence-corrected chi connectivity index (χ1v) is 18.0. The molecule has 1 aliphatic heterocycles. The maximum atomic E-state index is 10.9. The van der Waals surface area contributed by atoms with Crippen LogP contribution in [0.25, 0.3) is 0 Å². The van der Waals surface area contributed by atoms with Crippen molar-refractivity contribution in [3.63, 3.8) is 0 Å². The van der Waals surface area contributed by atoms with Crippen LogP contribution in [0.1, 0.15) is 135 Å². The highest BCUT2D eigenvalue weighted by atomic mass is 16.1. The molecule has 4 rings (SSSR count). The van der Waals surface area contributed by atoms with Crippen molar-refractivity contribution in [1.82, 2.24) is 10.3 Å². The molecule has 2 N–H and O–H groups in total. The first kappa shape index (κ1) is 50.4. The van der Waals surface area contributed by atoms with Gasteiger partial charge in [-0.05, 0) is 70.9 Å². The Labute approximate surface area is 290 Å². The van der Waals surface area contributed by atoms with Gasteiger partial charge in [0.25, 0.3) is 0 Å². The number of ketones is 2. The second-order valence-corrected chi connectivity index (χ2v) is 11.0. The van der Waals surface area contributed by atoms with Crippen molar-refractivity contribution in [3.05, 3.63) is 106 Å². The third-order valence-corrected chi connectivity index (χ3v) is 6.36. The summed E-state index contributed by atoms with van der Waals surface area (Å²) in [5.41, 5.74) is 5.02. The van der Waals surface area contributed by atoms with Gasteiger partial charge in [0.1, 0.15) is 0 Å². The van der Waals surface area contributed by atoms with E-state index in [1.165, 1.54) is 16.7 Å². The molecule has 0 spiro atoms. The summed E-state index contributed by atoms with van der Waals surface area (Å²) in [7, 11) is 0. The van der Waals surface area contributed by atoms with E-state index >= 15 is 0 Å². The van der Waals surface area contributed by atoms with Gasteiger partial charge < -0.3 is 10.3 Å². The summed E-state index contributed by atoms with van der Waals surface area (Å²) < 4.78 is 0. The molecule has 2 aliphatic carbocycles. The molecular formula is C42H72N2O3. The Bertz CT molecular complexity index is 1170. The molecular weight excluding hydrogens is 580 g/mol. The predicted octanol–water partition coefficient (Wildman–Crippen LogP) is 11.5. The normalized spacial score (nSPS) is 13.7. The van der Waals surface area contributed by atoms with Crippen LogP contribution in [0.15, 0.2) is 94.7 Å². The molecule has 47 heavy (non-hydrogen) atoms. The fraction of sp³-hybridized carbons (Fsp3) is 0.548. The number of nitrogens with one attached hydrogen (secondary N) is 2. The minimum absolute atomic E-state index is 0.0220. The van der Waals surface area contributed by atoms with Gasteiger partial charge in [-0.25, -0.2) is 0 Å². The maximum Gasteiger partial charge on any atom is 0.248 e. The molecule has 1 aromatic rings. The first-order chi connectivity index (χ1) is 22.4. The lowest BCUT2D eigenvalue weighted by Crippen LogP contribution is -2.10. The largest absolute Gasteiger partial charge is 0.387 e. The van der Waals surface area contributed by atoms with Crippen LogP contribution in [0.4, 0.5) is 0 Å². The summed E-state index contributed by atoms with van der Waals surface area (Å²) in [5.74, 6) is 2.60. The van der Waals surface area contributed by atoms with Crippen LogP contribution in [0.5, 0.6) is 0 Å². The number of carbonyl (C=O) groups excluding carboxylic acids is 2. The van der Waals surface area contributed by atoms with Crippen LogP contribution in [-0.2, 0) is 9.59 Å². The lowest BCUT2D eigenvalue weighted by Gasteiger charge is -2.10. The summed E-state index contributed by atoms with van der Waals surface area (Å²) in [4.78, 5) is 34.9. The van der Waals surface area contributed by atoms with Crippen LogP contribution in [0.3, 0.4) is 0 Å². The number of hydrogen-bond donors (Lipinski definition) is 2. The molecule has 0 unspecified atom stereocenters. The van der Waals surface area contributed by atoms with Gasteiger partial charge in [-0.2, -0.15) is 0 Å². The van der Waals surface area contributed by atoms with Crippen molar-refractivity contribution >= 4 is 11.6 Å². The second kappa shape index (κ2) is 33.9. The quantitative estimate of drug-likeness (QED) is 0.339. The number of hydrogen-bond acceptors (Lipinski definition) is 4. The molecule has 3 aliphatic rings. The Morgan fingerprint density at radius 2 is 1.17 bits per heavy atom. The molecule has 0 aromatic carbocycles. The Balaban J connectivity index is -0.000000244. The standard InChI is InChI=1S/2C9H12O.C8H11NO.C8H13N.4C2H6/c1-7(2)8-3-5-9(10)6-4-8;1-7(2)8-4-3-5-9(10)6-8;1-6(2)7-3-4-9-8(10)5-7;1-7(2)8-3-5-9-6-4-8;4*1-2/h2*3-5,7H,6H2,1-2H3;3-6H,1-2H3,(H,9,10);3-5,7,9H,6H2,1-2H3;4*1-2H3. The highest BCUT2D eigenvalue weighted by molar-refractivity contribution is 5.93. The monoisotopic (exact) mass is 653 g/mol. The zero-order valence-corrected chi connectivity index (χ0v) is 33.1. The van der Waals surface area contributed by atoms with E-state index < -0.39 is 0 Å². The Morgan fingerprint density at radius 1 is 0.617 bits per heavy atom. The molecule has 0 amide bonds. The maximum absolute atomic E-state index is 10.9. The van der Waals surface area contributed by atoms with Gasteiger partial charge in [0, 0.05) is 31.6 Å². The molecule has 5 heteroatoms. The zero-order chi connectivity index (χ0) is 37.4. The summed E-state index contributed by atoms with van der Waals surface area (Å²) in [6.07, 6.45) is 20.3. The van der Waals surface area contributed by atoms with Crippen molar-refractivity contribution in [3.8, 4) is 0 Å². The number of allylic oxidation sites excluding steroid dienone is 10. The number of rotatable bonds is 4. The van der Waals surface area contributed by atoms with Gasteiger partial charge in [-0.3, -0.25) is 14.4 Å². The van der Waals surface area contributed by atoms with Crippen LogP contribution in [-0.4, -0.2) is 23.1 Å². The molecule has 0 saturated heterocycles. The van der Waals surface area contributed by atoms with Gasteiger partial charge in [0.15, 0.2) is 11.6 Å². The van der Waals surface area contributed by atoms with Crippen LogP contribution in [0.2, 0.25) is 0 Å². The highest BCUT2D eigenvalue weighted by Gasteiger charge is 2.09. The van der Waals surface area contributed by atoms with E-state index in [9.17, 15) is 14.4 Å². The Hall–Kier alpha value is -3.47. The highest BCUT2D eigenvalue weighted by Crippen LogP contribution is 2.17. The summed E-state index contributed by atoms with van der Waals surface area (Å²) in [6.45, 7) is 34.0. The van der Waals surface area contributed by atoms with Crippen molar-refractivity contribution in [2.45, 2.75) is 130 Å². The minimum Gasteiger partial charge on any atom is -0.387 e. The topological polar surface area (TPSA) is 79.0 Å². The average molecular weight is 653 g/mol. The van der Waals surface area contributed by atoms with E-state index in [0.717, 1.165) is 12.1 Å². The number of H-pyrrole nitrogens is 1. The lowest BCUT2D eigenvalue weighted by atomic mass is 9.94. The SMILES string of the molecule is CC.CC.CC.CC.CC(C)C1=CC=CC(=O)C1.CC(C)C1=CCC(=O)C=C1.CC(C)C1=CCNC=C1.CC(C)c1cc[nH]c(=O)c1. The minimum atomic E-state index is -0.0220. The number of dihydropyridines is 1. The molecule has 0 bridgehead atoms. The average Bonchev–Trinajstić information content (AvgIpc) is 3.10. The fourth-order valence-electron chi connectivity index (χ4n) is 3.68.